The minimum absolute atomic E-state index is 0.822. The van der Waals surface area contributed by atoms with E-state index in [1.807, 2.05) is 84.9 Å². The van der Waals surface area contributed by atoms with Crippen molar-refractivity contribution >= 4 is 33.1 Å². The van der Waals surface area contributed by atoms with Crippen LogP contribution in [0.3, 0.4) is 0 Å². The van der Waals surface area contributed by atoms with Crippen LogP contribution in [0.4, 0.5) is 17.3 Å². The first kappa shape index (κ1) is 20.4. The Bertz CT molecular complexity index is 822. The number of benzene rings is 3. The Morgan fingerprint density at radius 3 is 1.27 bits per heavy atom. The van der Waals surface area contributed by atoms with Crippen molar-refractivity contribution in [1.29, 1.82) is 0 Å². The standard InChI is InChI=1S/C18H14BrOS.BF4/c19-15-11-13-18(14-12-15)21(20,16-7-3-1-4-8-16)17-9-5-2-6-10-17;2-1(3,4)5/h1-14H;/q+1;-1. The van der Waals surface area contributed by atoms with Gasteiger partial charge in [0.2, 0.25) is 0 Å². The summed E-state index contributed by atoms with van der Waals surface area (Å²) in [5, 5.41) is 0. The van der Waals surface area contributed by atoms with Gasteiger partial charge in [-0.3, -0.25) is 0 Å². The van der Waals surface area contributed by atoms with Crippen molar-refractivity contribution in [2.75, 3.05) is 0 Å². The predicted molar refractivity (Wildman–Crippen MR) is 100 cm³/mol. The first-order valence-corrected chi connectivity index (χ1v) is 9.83. The summed E-state index contributed by atoms with van der Waals surface area (Å²) in [5.74, 6) is 0. The molecule has 0 saturated heterocycles. The molecule has 0 heterocycles. The Labute approximate surface area is 158 Å². The van der Waals surface area contributed by atoms with Gasteiger partial charge in [0.15, 0.2) is 24.6 Å². The minimum atomic E-state index is -6.00. The van der Waals surface area contributed by atoms with Crippen LogP contribution in [0.25, 0.3) is 0 Å². The highest BCUT2D eigenvalue weighted by Crippen LogP contribution is 2.36. The van der Waals surface area contributed by atoms with Crippen molar-refractivity contribution in [3.05, 3.63) is 89.4 Å². The Morgan fingerprint density at radius 1 is 0.615 bits per heavy atom. The van der Waals surface area contributed by atoms with Gasteiger partial charge in [-0.15, -0.1) is 0 Å². The van der Waals surface area contributed by atoms with Gasteiger partial charge < -0.3 is 17.3 Å². The third-order valence-corrected chi connectivity index (χ3v) is 6.63. The molecule has 0 spiro atoms. The van der Waals surface area contributed by atoms with Crippen LogP contribution in [-0.4, -0.2) is 7.25 Å². The molecule has 0 aliphatic carbocycles. The second kappa shape index (κ2) is 8.64. The van der Waals surface area contributed by atoms with Gasteiger partial charge in [0.25, 0.3) is 0 Å². The van der Waals surface area contributed by atoms with Crippen LogP contribution in [0.1, 0.15) is 0 Å². The third kappa shape index (κ3) is 5.54. The van der Waals surface area contributed by atoms with Gasteiger partial charge in [0, 0.05) is 4.47 Å². The van der Waals surface area contributed by atoms with Crippen LogP contribution in [-0.2, 0) is 14.1 Å². The molecule has 3 aromatic carbocycles. The van der Waals surface area contributed by atoms with E-state index in [4.69, 9.17) is 0 Å². The fraction of sp³-hybridized carbons (Fsp3) is 0. The summed E-state index contributed by atoms with van der Waals surface area (Å²) in [7, 11) is -8.46. The van der Waals surface area contributed by atoms with Crippen LogP contribution in [0.15, 0.2) is 104 Å². The van der Waals surface area contributed by atoms with E-state index in [2.05, 4.69) is 15.9 Å². The Kier molecular flexibility index (Phi) is 6.78. The molecule has 0 aliphatic rings. The summed E-state index contributed by atoms with van der Waals surface area (Å²) >= 11 is 3.43. The zero-order valence-corrected chi connectivity index (χ0v) is 15.8. The maximum atomic E-state index is 13.9. The third-order valence-electron chi connectivity index (χ3n) is 3.30. The second-order valence-electron chi connectivity index (χ2n) is 5.13. The fourth-order valence-corrected chi connectivity index (χ4v) is 4.94. The van der Waals surface area contributed by atoms with E-state index in [-0.39, 0.29) is 0 Å². The highest BCUT2D eigenvalue weighted by Gasteiger charge is 2.37. The maximum Gasteiger partial charge on any atom is 0.673 e. The van der Waals surface area contributed by atoms with Crippen LogP contribution >= 0.6 is 15.9 Å². The molecule has 26 heavy (non-hydrogen) atoms. The van der Waals surface area contributed by atoms with Crippen LogP contribution < -0.4 is 0 Å². The van der Waals surface area contributed by atoms with Crippen molar-refractivity contribution in [1.82, 2.24) is 0 Å². The highest BCUT2D eigenvalue weighted by molar-refractivity contribution is 9.10. The molecule has 136 valence electrons. The molecule has 0 N–H and O–H groups in total. The lowest BCUT2D eigenvalue weighted by atomic mass is 10.3. The first-order chi connectivity index (χ1) is 12.2. The molecule has 3 rings (SSSR count). The molecule has 0 amide bonds. The molecule has 0 unspecified atom stereocenters. The van der Waals surface area contributed by atoms with Crippen LogP contribution in [0.2, 0.25) is 0 Å². The van der Waals surface area contributed by atoms with Gasteiger partial charge in [-0.1, -0.05) is 56.5 Å². The Morgan fingerprint density at radius 2 is 0.923 bits per heavy atom. The van der Waals surface area contributed by atoms with Gasteiger partial charge in [-0.2, -0.15) is 0 Å². The summed E-state index contributed by atoms with van der Waals surface area (Å²) < 4.78 is 53.9. The number of rotatable bonds is 3. The number of hydrogen-bond donors (Lipinski definition) is 0. The minimum Gasteiger partial charge on any atom is -0.418 e. The van der Waals surface area contributed by atoms with Crippen LogP contribution in [0.5, 0.6) is 0 Å². The topological polar surface area (TPSA) is 17.1 Å². The molecule has 0 radical (unpaired) electrons. The molecule has 3 aromatic rings. The Balaban J connectivity index is 0.000000431. The summed E-state index contributed by atoms with van der Waals surface area (Å²) in [4.78, 5) is 2.49. The van der Waals surface area contributed by atoms with Gasteiger partial charge in [0.1, 0.15) is 0 Å². The monoisotopic (exact) mass is 444 g/mol. The van der Waals surface area contributed by atoms with Crippen molar-refractivity contribution in [2.24, 2.45) is 0 Å². The molecule has 0 bridgehead atoms. The molecule has 0 fully saturated rings. The number of halogens is 5. The normalized spacial score (nSPS) is 11.4. The van der Waals surface area contributed by atoms with E-state index >= 15 is 0 Å². The smallest absolute Gasteiger partial charge is 0.418 e. The predicted octanol–water partition coefficient (Wildman–Crippen LogP) is 6.73. The van der Waals surface area contributed by atoms with E-state index in [9.17, 15) is 21.5 Å². The van der Waals surface area contributed by atoms with E-state index in [0.29, 0.717) is 0 Å². The lowest BCUT2D eigenvalue weighted by Gasteiger charge is -2.12. The molecule has 8 heteroatoms. The molecule has 1 nitrogen and oxygen atoms in total. The van der Waals surface area contributed by atoms with Crippen LogP contribution in [0, 0.1) is 0 Å². The van der Waals surface area contributed by atoms with Crippen molar-refractivity contribution in [3.8, 4) is 0 Å². The average Bonchev–Trinajstić information content (AvgIpc) is 2.62. The van der Waals surface area contributed by atoms with E-state index in [0.717, 1.165) is 19.2 Å². The molecule has 0 aromatic heterocycles. The summed E-state index contributed by atoms with van der Waals surface area (Å²) in [6, 6.07) is 27.0. The zero-order valence-electron chi connectivity index (χ0n) is 13.4. The van der Waals surface area contributed by atoms with E-state index in [1.54, 1.807) is 0 Å². The van der Waals surface area contributed by atoms with Crippen molar-refractivity contribution < 1.29 is 21.5 Å². The SMILES string of the molecule is F[B-](F)(F)F.O=[S+](c1ccccc1)(c1ccccc1)c1ccc(Br)cc1. The lowest BCUT2D eigenvalue weighted by Crippen LogP contribution is -2.12. The molecular formula is C18H14BBrF4OS. The molecule has 0 aliphatic heterocycles. The van der Waals surface area contributed by atoms with Crippen molar-refractivity contribution in [2.45, 2.75) is 14.7 Å². The summed E-state index contributed by atoms with van der Waals surface area (Å²) in [6.45, 7) is 0. The Hall–Kier alpha value is -1.93. The van der Waals surface area contributed by atoms with Gasteiger partial charge in [-0.25, -0.2) is 0 Å². The summed E-state index contributed by atoms with van der Waals surface area (Å²) in [6.07, 6.45) is 0. The maximum absolute atomic E-state index is 13.9. The lowest BCUT2D eigenvalue weighted by molar-refractivity contribution is 0.368. The molecule has 0 saturated carbocycles. The zero-order chi connectivity index (χ0) is 19.2. The summed E-state index contributed by atoms with van der Waals surface area (Å²) in [5.41, 5.74) is 0. The molecular weight excluding hydrogens is 431 g/mol. The first-order valence-electron chi connectivity index (χ1n) is 7.48. The van der Waals surface area contributed by atoms with E-state index < -0.39 is 17.2 Å². The fourth-order valence-electron chi connectivity index (χ4n) is 2.26. The quantitative estimate of drug-likeness (QED) is 0.249. The average molecular weight is 445 g/mol. The number of hydrogen-bond acceptors (Lipinski definition) is 1. The second-order valence-corrected chi connectivity index (χ2v) is 8.57. The van der Waals surface area contributed by atoms with Gasteiger partial charge in [-0.05, 0) is 48.5 Å². The van der Waals surface area contributed by atoms with Gasteiger partial charge in [0.05, 0.1) is 0 Å². The van der Waals surface area contributed by atoms with Crippen molar-refractivity contribution in [3.63, 3.8) is 0 Å². The highest BCUT2D eigenvalue weighted by atomic mass is 79.9. The van der Waals surface area contributed by atoms with Gasteiger partial charge >= 0.3 is 7.25 Å². The largest absolute Gasteiger partial charge is 0.673 e. The van der Waals surface area contributed by atoms with E-state index in [1.165, 1.54) is 0 Å². The molecule has 0 atom stereocenters.